The Morgan fingerprint density at radius 3 is 3.29 bits per heavy atom. The van der Waals surface area contributed by atoms with Crippen LogP contribution in [0.5, 0.6) is 0 Å². The Labute approximate surface area is 100 Å². The summed E-state index contributed by atoms with van der Waals surface area (Å²) >= 11 is 0. The van der Waals surface area contributed by atoms with Gasteiger partial charge in [0.15, 0.2) is 0 Å². The first-order valence-corrected chi connectivity index (χ1v) is 5.72. The SMILES string of the molecule is C=CC(=O)NC[C@@H]1CCO[C@H]1c1ccnn1C. The van der Waals surface area contributed by atoms with Crippen molar-refractivity contribution in [1.82, 2.24) is 15.1 Å². The summed E-state index contributed by atoms with van der Waals surface area (Å²) in [7, 11) is 1.90. The molecule has 0 aliphatic carbocycles. The normalized spacial score (nSPS) is 23.6. The van der Waals surface area contributed by atoms with Crippen LogP contribution in [0.4, 0.5) is 0 Å². The summed E-state index contributed by atoms with van der Waals surface area (Å²) in [6.07, 6.45) is 4.02. The summed E-state index contributed by atoms with van der Waals surface area (Å²) in [5, 5.41) is 6.96. The highest BCUT2D eigenvalue weighted by atomic mass is 16.5. The van der Waals surface area contributed by atoms with Gasteiger partial charge in [0.05, 0.1) is 5.69 Å². The highest BCUT2D eigenvalue weighted by Gasteiger charge is 2.31. The van der Waals surface area contributed by atoms with Crippen LogP contribution in [0.2, 0.25) is 0 Å². The lowest BCUT2D eigenvalue weighted by molar-refractivity contribution is -0.116. The molecule has 1 fully saturated rings. The number of hydrogen-bond acceptors (Lipinski definition) is 3. The number of aromatic nitrogens is 2. The van der Waals surface area contributed by atoms with E-state index in [1.165, 1.54) is 6.08 Å². The summed E-state index contributed by atoms with van der Waals surface area (Å²) in [4.78, 5) is 11.1. The van der Waals surface area contributed by atoms with Crippen molar-refractivity contribution in [3.63, 3.8) is 0 Å². The second-order valence-electron chi connectivity index (χ2n) is 4.17. The Kier molecular flexibility index (Phi) is 3.58. The van der Waals surface area contributed by atoms with Crippen molar-refractivity contribution >= 4 is 5.91 Å². The molecule has 1 aliphatic heterocycles. The zero-order chi connectivity index (χ0) is 12.3. The molecule has 1 aromatic rings. The standard InChI is InChI=1S/C12H17N3O2/c1-3-11(16)13-8-9-5-7-17-12(9)10-4-6-14-15(10)2/h3-4,6,9,12H,1,5,7-8H2,2H3,(H,13,16)/t9-,12+/m0/s1. The lowest BCUT2D eigenvalue weighted by Gasteiger charge is -2.18. The van der Waals surface area contributed by atoms with Crippen molar-refractivity contribution in [2.24, 2.45) is 13.0 Å². The molecule has 17 heavy (non-hydrogen) atoms. The van der Waals surface area contributed by atoms with Gasteiger partial charge >= 0.3 is 0 Å². The molecular formula is C12H17N3O2. The molecular weight excluding hydrogens is 218 g/mol. The number of hydrogen-bond donors (Lipinski definition) is 1. The molecule has 0 bridgehead atoms. The molecule has 5 nitrogen and oxygen atoms in total. The Bertz CT molecular complexity index is 414. The van der Waals surface area contributed by atoms with Crippen molar-refractivity contribution in [1.29, 1.82) is 0 Å². The van der Waals surface area contributed by atoms with E-state index in [9.17, 15) is 4.79 Å². The minimum Gasteiger partial charge on any atom is -0.372 e. The fraction of sp³-hybridized carbons (Fsp3) is 0.500. The quantitative estimate of drug-likeness (QED) is 0.785. The molecule has 1 aliphatic rings. The van der Waals surface area contributed by atoms with E-state index in [0.29, 0.717) is 12.5 Å². The number of nitrogens with zero attached hydrogens (tertiary/aromatic N) is 2. The summed E-state index contributed by atoms with van der Waals surface area (Å²) in [5.74, 6) is 0.162. The highest BCUT2D eigenvalue weighted by molar-refractivity contribution is 5.86. The van der Waals surface area contributed by atoms with Crippen molar-refractivity contribution < 1.29 is 9.53 Å². The monoisotopic (exact) mass is 235 g/mol. The molecule has 2 rings (SSSR count). The van der Waals surface area contributed by atoms with Crippen LogP contribution in [0.15, 0.2) is 24.9 Å². The molecule has 0 saturated carbocycles. The maximum atomic E-state index is 11.1. The van der Waals surface area contributed by atoms with Gasteiger partial charge in [-0.15, -0.1) is 0 Å². The zero-order valence-corrected chi connectivity index (χ0v) is 9.93. The third-order valence-electron chi connectivity index (χ3n) is 3.09. The molecule has 0 radical (unpaired) electrons. The zero-order valence-electron chi connectivity index (χ0n) is 9.93. The Morgan fingerprint density at radius 1 is 1.82 bits per heavy atom. The maximum Gasteiger partial charge on any atom is 0.243 e. The summed E-state index contributed by atoms with van der Waals surface area (Å²) < 4.78 is 7.54. The Balaban J connectivity index is 2.00. The molecule has 0 unspecified atom stereocenters. The van der Waals surface area contributed by atoms with Crippen LogP contribution < -0.4 is 5.32 Å². The van der Waals surface area contributed by atoms with Crippen molar-refractivity contribution in [2.75, 3.05) is 13.2 Å². The molecule has 1 saturated heterocycles. The second kappa shape index (κ2) is 5.14. The minimum atomic E-state index is -0.138. The molecule has 1 amide bonds. The Hall–Kier alpha value is -1.62. The highest BCUT2D eigenvalue weighted by Crippen LogP contribution is 2.33. The smallest absolute Gasteiger partial charge is 0.243 e. The summed E-state index contributed by atoms with van der Waals surface area (Å²) in [6, 6.07) is 1.96. The lowest BCUT2D eigenvalue weighted by Crippen LogP contribution is -2.29. The molecule has 1 N–H and O–H groups in total. The van der Waals surface area contributed by atoms with Gasteiger partial charge in [-0.2, -0.15) is 5.10 Å². The largest absolute Gasteiger partial charge is 0.372 e. The van der Waals surface area contributed by atoms with Gasteiger partial charge in [-0.1, -0.05) is 6.58 Å². The number of rotatable bonds is 4. The molecule has 0 aromatic carbocycles. The van der Waals surface area contributed by atoms with Crippen molar-refractivity contribution in [3.8, 4) is 0 Å². The lowest BCUT2D eigenvalue weighted by atomic mass is 9.99. The average Bonchev–Trinajstić information content (AvgIpc) is 2.93. The number of nitrogens with one attached hydrogen (secondary N) is 1. The molecule has 5 heteroatoms. The average molecular weight is 235 g/mol. The first-order valence-electron chi connectivity index (χ1n) is 5.72. The molecule has 1 aromatic heterocycles. The van der Waals surface area contributed by atoms with E-state index in [1.54, 1.807) is 6.20 Å². The number of amides is 1. The van der Waals surface area contributed by atoms with Crippen LogP contribution in [0.25, 0.3) is 0 Å². The van der Waals surface area contributed by atoms with Gasteiger partial charge in [0.25, 0.3) is 0 Å². The van der Waals surface area contributed by atoms with Gasteiger partial charge in [0.2, 0.25) is 5.91 Å². The van der Waals surface area contributed by atoms with Gasteiger partial charge in [-0.3, -0.25) is 9.48 Å². The number of ether oxygens (including phenoxy) is 1. The van der Waals surface area contributed by atoms with Crippen LogP contribution >= 0.6 is 0 Å². The summed E-state index contributed by atoms with van der Waals surface area (Å²) in [6.45, 7) is 4.77. The van der Waals surface area contributed by atoms with E-state index < -0.39 is 0 Å². The van der Waals surface area contributed by atoms with Gasteiger partial charge in [0.1, 0.15) is 6.10 Å². The molecule has 2 atom stereocenters. The van der Waals surface area contributed by atoms with E-state index in [0.717, 1.165) is 18.7 Å². The van der Waals surface area contributed by atoms with Crippen LogP contribution in [0.1, 0.15) is 18.2 Å². The first-order chi connectivity index (χ1) is 8.22. The van der Waals surface area contributed by atoms with E-state index in [2.05, 4.69) is 17.0 Å². The first kappa shape index (κ1) is 11.9. The van der Waals surface area contributed by atoms with Crippen LogP contribution in [-0.4, -0.2) is 28.8 Å². The number of carbonyl (C=O) groups is 1. The Morgan fingerprint density at radius 2 is 2.65 bits per heavy atom. The van der Waals surface area contributed by atoms with E-state index in [-0.39, 0.29) is 12.0 Å². The third kappa shape index (κ3) is 2.55. The summed E-state index contributed by atoms with van der Waals surface area (Å²) in [5.41, 5.74) is 1.06. The van der Waals surface area contributed by atoms with Gasteiger partial charge in [-0.25, -0.2) is 0 Å². The second-order valence-corrected chi connectivity index (χ2v) is 4.17. The maximum absolute atomic E-state index is 11.1. The van der Waals surface area contributed by atoms with Crippen molar-refractivity contribution in [3.05, 3.63) is 30.6 Å². The number of aryl methyl sites for hydroxylation is 1. The van der Waals surface area contributed by atoms with E-state index >= 15 is 0 Å². The van der Waals surface area contributed by atoms with Crippen molar-refractivity contribution in [2.45, 2.75) is 12.5 Å². The van der Waals surface area contributed by atoms with E-state index in [1.807, 2.05) is 17.8 Å². The van der Waals surface area contributed by atoms with Crippen LogP contribution in [-0.2, 0) is 16.6 Å². The molecule has 2 heterocycles. The van der Waals surface area contributed by atoms with Gasteiger partial charge in [0, 0.05) is 32.3 Å². The number of carbonyl (C=O) groups excluding carboxylic acids is 1. The van der Waals surface area contributed by atoms with Gasteiger partial charge in [-0.05, 0) is 18.6 Å². The van der Waals surface area contributed by atoms with E-state index in [4.69, 9.17) is 4.74 Å². The molecule has 92 valence electrons. The fourth-order valence-corrected chi connectivity index (χ4v) is 2.14. The third-order valence-corrected chi connectivity index (χ3v) is 3.09. The minimum absolute atomic E-state index is 0.0209. The van der Waals surface area contributed by atoms with Crippen LogP contribution in [0.3, 0.4) is 0 Å². The topological polar surface area (TPSA) is 56.1 Å². The predicted molar refractivity (Wildman–Crippen MR) is 63.2 cm³/mol. The van der Waals surface area contributed by atoms with Crippen LogP contribution in [0, 0.1) is 5.92 Å². The molecule has 0 spiro atoms. The van der Waals surface area contributed by atoms with Gasteiger partial charge < -0.3 is 10.1 Å². The predicted octanol–water partition coefficient (Wildman–Crippen LogP) is 0.800. The fourth-order valence-electron chi connectivity index (χ4n) is 2.14.